The molecule has 1 aliphatic rings. The number of alkyl halides is 1. The molecule has 0 aliphatic heterocycles. The molecule has 1 aliphatic carbocycles. The lowest BCUT2D eigenvalue weighted by Crippen LogP contribution is -2.32. The Balaban J connectivity index is 2.34. The van der Waals surface area contributed by atoms with Gasteiger partial charge in [0, 0.05) is 30.3 Å². The van der Waals surface area contributed by atoms with Crippen LogP contribution in [0.5, 0.6) is 0 Å². The Labute approximate surface area is 96.9 Å². The Morgan fingerprint density at radius 1 is 1.53 bits per heavy atom. The predicted octanol–water partition coefficient (Wildman–Crippen LogP) is 0.127. The summed E-state index contributed by atoms with van der Waals surface area (Å²) in [5, 5.41) is 8.98. The molecule has 0 radical (unpaired) electrons. The highest BCUT2D eigenvalue weighted by Gasteiger charge is 2.35. The van der Waals surface area contributed by atoms with Crippen molar-refractivity contribution in [2.24, 2.45) is 5.92 Å². The van der Waals surface area contributed by atoms with Crippen molar-refractivity contribution in [2.45, 2.75) is 32.0 Å². The molecule has 0 saturated heterocycles. The van der Waals surface area contributed by atoms with Gasteiger partial charge in [-0.25, -0.2) is 9.18 Å². The van der Waals surface area contributed by atoms with Gasteiger partial charge < -0.3 is 5.11 Å². The number of H-pyrrole nitrogens is 1. The van der Waals surface area contributed by atoms with E-state index in [1.54, 1.807) is 6.92 Å². The van der Waals surface area contributed by atoms with Gasteiger partial charge in [-0.3, -0.25) is 14.3 Å². The van der Waals surface area contributed by atoms with Crippen LogP contribution < -0.4 is 11.2 Å². The number of aliphatic hydroxyl groups excluding tert-OH is 1. The normalized spacial score (nSPS) is 28.5. The zero-order valence-electron chi connectivity index (χ0n) is 9.52. The molecule has 1 heterocycles. The summed E-state index contributed by atoms with van der Waals surface area (Å²) in [6.45, 7) is 1.38. The van der Waals surface area contributed by atoms with E-state index in [0.29, 0.717) is 12.0 Å². The van der Waals surface area contributed by atoms with Gasteiger partial charge in [0.15, 0.2) is 0 Å². The van der Waals surface area contributed by atoms with E-state index in [2.05, 4.69) is 4.98 Å². The fourth-order valence-corrected chi connectivity index (χ4v) is 2.32. The number of halogens is 1. The van der Waals surface area contributed by atoms with Crippen molar-refractivity contribution in [1.82, 2.24) is 9.55 Å². The lowest BCUT2D eigenvalue weighted by Gasteiger charge is -2.13. The zero-order chi connectivity index (χ0) is 12.6. The van der Waals surface area contributed by atoms with E-state index in [0.717, 1.165) is 0 Å². The van der Waals surface area contributed by atoms with Crippen LogP contribution in [-0.4, -0.2) is 27.4 Å². The number of hydrogen-bond donors (Lipinski definition) is 2. The van der Waals surface area contributed by atoms with Crippen LogP contribution in [-0.2, 0) is 0 Å². The molecule has 0 aromatic carbocycles. The Bertz CT molecular complexity index is 522. The van der Waals surface area contributed by atoms with Gasteiger partial charge in [-0.15, -0.1) is 0 Å². The monoisotopic (exact) mass is 241 g/mol. The average molecular weight is 241 g/mol. The predicted molar refractivity (Wildman–Crippen MR) is 59.8 cm³/mol. The molecule has 3 atom stereocenters. The molecule has 6 heteroatoms. The quantitative estimate of drug-likeness (QED) is 0.772. The Morgan fingerprint density at radius 2 is 2.24 bits per heavy atom. The molecular weight excluding hydrogens is 226 g/mol. The molecule has 2 rings (SSSR count). The molecule has 1 unspecified atom stereocenters. The summed E-state index contributed by atoms with van der Waals surface area (Å²) < 4.78 is 14.8. The molecule has 2 N–H and O–H groups in total. The molecule has 0 spiro atoms. The van der Waals surface area contributed by atoms with Crippen LogP contribution in [0.4, 0.5) is 4.39 Å². The number of aromatic nitrogens is 2. The second-order valence-electron chi connectivity index (χ2n) is 4.56. The van der Waals surface area contributed by atoms with Crippen molar-refractivity contribution in [3.63, 3.8) is 0 Å². The van der Waals surface area contributed by atoms with Crippen molar-refractivity contribution in [3.8, 4) is 0 Å². The maximum absolute atomic E-state index is 13.5. The van der Waals surface area contributed by atoms with E-state index in [9.17, 15) is 14.0 Å². The fraction of sp³-hybridized carbons (Fsp3) is 0.636. The zero-order valence-corrected chi connectivity index (χ0v) is 9.52. The number of nitrogens with zero attached hydrogens (tertiary/aromatic N) is 1. The van der Waals surface area contributed by atoms with Gasteiger partial charge in [0.2, 0.25) is 0 Å². The molecule has 0 amide bonds. The van der Waals surface area contributed by atoms with Crippen LogP contribution in [0.2, 0.25) is 0 Å². The topological polar surface area (TPSA) is 75.1 Å². The van der Waals surface area contributed by atoms with Crippen LogP contribution in [0.3, 0.4) is 0 Å². The van der Waals surface area contributed by atoms with Crippen LogP contribution >= 0.6 is 0 Å². The third-order valence-corrected chi connectivity index (χ3v) is 3.36. The highest BCUT2D eigenvalue weighted by molar-refractivity contribution is 5.03. The minimum Gasteiger partial charge on any atom is -0.396 e. The van der Waals surface area contributed by atoms with Crippen molar-refractivity contribution >= 4 is 0 Å². The highest BCUT2D eigenvalue weighted by Crippen LogP contribution is 2.35. The number of rotatable bonds is 2. The van der Waals surface area contributed by atoms with E-state index >= 15 is 0 Å². The standard InChI is InChI=1S/C11H15FN2O3/c1-6-4-14(11(17)13-10(6)16)8-2-7(5-15)9(12)3-8/h4,7-9,15H,2-3,5H2,1H3,(H,13,16,17)/t7-,8-,9?/m1/s1/i12-1. The largest absolute Gasteiger partial charge is 0.396 e. The maximum atomic E-state index is 13.5. The summed E-state index contributed by atoms with van der Waals surface area (Å²) in [5.74, 6) is -0.417. The van der Waals surface area contributed by atoms with Crippen molar-refractivity contribution in [3.05, 3.63) is 32.6 Å². The first kappa shape index (κ1) is 12.0. The Hall–Kier alpha value is -1.43. The number of aryl methyl sites for hydroxylation is 1. The van der Waals surface area contributed by atoms with Gasteiger partial charge in [0.05, 0.1) is 0 Å². The first-order valence-electron chi connectivity index (χ1n) is 5.60. The minimum absolute atomic E-state index is 0.205. The van der Waals surface area contributed by atoms with Crippen molar-refractivity contribution < 1.29 is 9.50 Å². The number of aliphatic hydroxyl groups is 1. The molecule has 0 bridgehead atoms. The highest BCUT2D eigenvalue weighted by atomic mass is 18.2. The maximum Gasteiger partial charge on any atom is 0.328 e. The molecule has 1 saturated carbocycles. The van der Waals surface area contributed by atoms with Gasteiger partial charge >= 0.3 is 5.69 Å². The molecule has 1 aromatic rings. The van der Waals surface area contributed by atoms with E-state index < -0.39 is 23.3 Å². The van der Waals surface area contributed by atoms with E-state index in [1.807, 2.05) is 0 Å². The van der Waals surface area contributed by atoms with Crippen LogP contribution in [0.15, 0.2) is 15.8 Å². The number of nitrogens with one attached hydrogen (secondary N) is 1. The van der Waals surface area contributed by atoms with Gasteiger partial charge in [-0.05, 0) is 19.8 Å². The summed E-state index contributed by atoms with van der Waals surface area (Å²) in [7, 11) is 0. The van der Waals surface area contributed by atoms with E-state index in [4.69, 9.17) is 5.11 Å². The smallest absolute Gasteiger partial charge is 0.328 e. The molecular formula is C11H15FN2O3. The molecule has 1 fully saturated rings. The number of aromatic amines is 1. The second-order valence-corrected chi connectivity index (χ2v) is 4.56. The van der Waals surface area contributed by atoms with Crippen molar-refractivity contribution in [2.75, 3.05) is 6.61 Å². The summed E-state index contributed by atoms with van der Waals surface area (Å²) in [4.78, 5) is 25.0. The molecule has 5 nitrogen and oxygen atoms in total. The van der Waals surface area contributed by atoms with Gasteiger partial charge in [-0.2, -0.15) is 0 Å². The third kappa shape index (κ3) is 2.17. The molecule has 94 valence electrons. The first-order chi connectivity index (χ1) is 8.02. The number of hydrogen-bond acceptors (Lipinski definition) is 3. The van der Waals surface area contributed by atoms with Crippen molar-refractivity contribution in [1.29, 1.82) is 0 Å². The Kier molecular flexibility index (Phi) is 3.15. The molecule has 17 heavy (non-hydrogen) atoms. The van der Waals surface area contributed by atoms with Crippen LogP contribution in [0, 0.1) is 12.8 Å². The SMILES string of the molecule is Cc1cn([C@H]2CC([18F])[C@@H](CO)C2)c(=O)[nH]c1=O. The van der Waals surface area contributed by atoms with Gasteiger partial charge in [-0.1, -0.05) is 0 Å². The first-order valence-corrected chi connectivity index (χ1v) is 5.60. The van der Waals surface area contributed by atoms with Gasteiger partial charge in [0.25, 0.3) is 5.56 Å². The van der Waals surface area contributed by atoms with E-state index in [1.165, 1.54) is 10.8 Å². The Morgan fingerprint density at radius 3 is 2.82 bits per heavy atom. The fourth-order valence-electron chi connectivity index (χ4n) is 2.32. The second kappa shape index (κ2) is 4.44. The van der Waals surface area contributed by atoms with Crippen LogP contribution in [0.1, 0.15) is 24.4 Å². The molecule has 1 aromatic heterocycles. The lowest BCUT2D eigenvalue weighted by atomic mass is 10.1. The van der Waals surface area contributed by atoms with E-state index in [-0.39, 0.29) is 19.1 Å². The summed E-state index contributed by atoms with van der Waals surface area (Å²) >= 11 is 0. The van der Waals surface area contributed by atoms with Crippen LogP contribution in [0.25, 0.3) is 0 Å². The summed E-state index contributed by atoms with van der Waals surface area (Å²) in [6.07, 6.45) is 0.988. The minimum atomic E-state index is -1.09. The summed E-state index contributed by atoms with van der Waals surface area (Å²) in [5.41, 5.74) is -0.511. The third-order valence-electron chi connectivity index (χ3n) is 3.36. The average Bonchev–Trinajstić information content (AvgIpc) is 2.65. The summed E-state index contributed by atoms with van der Waals surface area (Å²) in [6, 6.07) is -0.287. The lowest BCUT2D eigenvalue weighted by molar-refractivity contribution is 0.162. The van der Waals surface area contributed by atoms with Gasteiger partial charge in [0.1, 0.15) is 6.17 Å².